The SMILES string of the molecule is [2H]C([2H])([2H])c1ccc(-c2nc3oc4c(-c5nc6ccccc6n5-c5c(-c6ccccc6)cccc5-c5ccccc5)cccc4c3c3ccccc23)cc1. The third kappa shape index (κ3) is 4.68. The van der Waals surface area contributed by atoms with Gasteiger partial charge >= 0.3 is 0 Å². The fraction of sp³-hybridized carbons (Fsp3) is 0.0213. The maximum Gasteiger partial charge on any atom is 0.228 e. The van der Waals surface area contributed by atoms with Crippen LogP contribution in [0.15, 0.2) is 174 Å². The molecule has 0 saturated carbocycles. The van der Waals surface area contributed by atoms with Crippen LogP contribution in [0.3, 0.4) is 0 Å². The predicted molar refractivity (Wildman–Crippen MR) is 210 cm³/mol. The number of imidazole rings is 1. The minimum atomic E-state index is -2.19. The molecule has 7 aromatic carbocycles. The molecule has 10 aromatic rings. The highest BCUT2D eigenvalue weighted by Crippen LogP contribution is 2.44. The quantitative estimate of drug-likeness (QED) is 0.185. The van der Waals surface area contributed by atoms with Gasteiger partial charge in [0.1, 0.15) is 11.4 Å². The van der Waals surface area contributed by atoms with Gasteiger partial charge in [-0.05, 0) is 41.6 Å². The second kappa shape index (κ2) is 11.7. The van der Waals surface area contributed by atoms with Gasteiger partial charge in [-0.25, -0.2) is 9.97 Å². The van der Waals surface area contributed by atoms with Crippen molar-refractivity contribution in [2.45, 2.75) is 6.85 Å². The van der Waals surface area contributed by atoms with Crippen LogP contribution in [0.1, 0.15) is 9.68 Å². The fourth-order valence-corrected chi connectivity index (χ4v) is 7.46. The molecule has 51 heavy (non-hydrogen) atoms. The monoisotopic (exact) mass is 656 g/mol. The number of nitrogens with zero attached hydrogens (tertiary/aromatic N) is 3. The summed E-state index contributed by atoms with van der Waals surface area (Å²) in [4.78, 5) is 10.5. The molecular weight excluding hydrogens is 623 g/mol. The van der Waals surface area contributed by atoms with Crippen LogP contribution in [0, 0.1) is 6.85 Å². The van der Waals surface area contributed by atoms with Crippen molar-refractivity contribution in [3.63, 3.8) is 0 Å². The number of hydrogen-bond donors (Lipinski definition) is 0. The lowest BCUT2D eigenvalue weighted by atomic mass is 9.95. The van der Waals surface area contributed by atoms with Gasteiger partial charge in [0.2, 0.25) is 5.71 Å². The second-order valence-corrected chi connectivity index (χ2v) is 12.7. The van der Waals surface area contributed by atoms with E-state index in [4.69, 9.17) is 18.5 Å². The van der Waals surface area contributed by atoms with E-state index >= 15 is 0 Å². The smallest absolute Gasteiger partial charge is 0.228 e. The molecule has 0 saturated heterocycles. The molecule has 0 fully saturated rings. The lowest BCUT2D eigenvalue weighted by Crippen LogP contribution is -2.03. The number of fused-ring (bicyclic) bond motifs is 6. The molecule has 0 amide bonds. The molecule has 0 aliphatic heterocycles. The van der Waals surface area contributed by atoms with E-state index in [0.29, 0.717) is 11.3 Å². The zero-order valence-corrected chi connectivity index (χ0v) is 27.4. The van der Waals surface area contributed by atoms with Crippen molar-refractivity contribution in [3.05, 3.63) is 175 Å². The van der Waals surface area contributed by atoms with E-state index in [0.717, 1.165) is 83.2 Å². The average molecular weight is 657 g/mol. The van der Waals surface area contributed by atoms with Gasteiger partial charge in [0.15, 0.2) is 0 Å². The van der Waals surface area contributed by atoms with Crippen molar-refractivity contribution in [1.29, 1.82) is 0 Å². The minimum Gasteiger partial charge on any atom is -0.437 e. The Morgan fingerprint density at radius 1 is 0.510 bits per heavy atom. The van der Waals surface area contributed by atoms with Crippen molar-refractivity contribution >= 4 is 43.9 Å². The van der Waals surface area contributed by atoms with Gasteiger partial charge < -0.3 is 4.42 Å². The lowest BCUT2D eigenvalue weighted by molar-refractivity contribution is 0.655. The van der Waals surface area contributed by atoms with E-state index < -0.39 is 6.85 Å². The molecule has 0 N–H and O–H groups in total. The lowest BCUT2D eigenvalue weighted by Gasteiger charge is -2.19. The highest BCUT2D eigenvalue weighted by Gasteiger charge is 2.25. The summed E-state index contributed by atoms with van der Waals surface area (Å²) in [6.07, 6.45) is 0. The first-order chi connectivity index (χ1) is 26.4. The summed E-state index contributed by atoms with van der Waals surface area (Å²) in [7, 11) is 0. The third-order valence-corrected chi connectivity index (χ3v) is 9.75. The Bertz CT molecular complexity index is 2960. The maximum absolute atomic E-state index is 7.85. The normalized spacial score (nSPS) is 12.7. The summed E-state index contributed by atoms with van der Waals surface area (Å²) in [6.45, 7) is -2.19. The van der Waals surface area contributed by atoms with Crippen LogP contribution >= 0.6 is 0 Å². The first-order valence-corrected chi connectivity index (χ1v) is 17.0. The summed E-state index contributed by atoms with van der Waals surface area (Å²) in [5, 5.41) is 3.82. The molecule has 0 spiro atoms. The number of aryl methyl sites for hydroxylation is 1. The number of benzene rings is 7. The zero-order chi connectivity index (χ0) is 36.4. The molecule has 0 radical (unpaired) electrons. The molecule has 4 heteroatoms. The van der Waals surface area contributed by atoms with Gasteiger partial charge in [-0.3, -0.25) is 4.57 Å². The molecule has 10 rings (SSSR count). The van der Waals surface area contributed by atoms with E-state index in [9.17, 15) is 0 Å². The van der Waals surface area contributed by atoms with Crippen LogP contribution in [-0.2, 0) is 0 Å². The van der Waals surface area contributed by atoms with E-state index in [1.54, 1.807) is 12.1 Å². The van der Waals surface area contributed by atoms with Crippen molar-refractivity contribution in [1.82, 2.24) is 14.5 Å². The summed E-state index contributed by atoms with van der Waals surface area (Å²) >= 11 is 0. The Kier molecular flexibility index (Phi) is 5.98. The highest BCUT2D eigenvalue weighted by atomic mass is 16.3. The standard InChI is InChI=1S/C47H31N3O/c1-30-26-28-33(29-27-30)43-37-19-9-8-18-36(37)42-38-22-13-23-39(45(38)51-47(42)49-43)46-48-40-24-10-11-25-41(40)50(46)44-34(31-14-4-2-5-15-31)20-12-21-35(44)32-16-6-3-7-17-32/h2-29H,1H3/i1D3. The Morgan fingerprint density at radius 3 is 1.84 bits per heavy atom. The summed E-state index contributed by atoms with van der Waals surface area (Å²) in [6, 6.07) is 57.1. The predicted octanol–water partition coefficient (Wildman–Crippen LogP) is 12.4. The van der Waals surface area contributed by atoms with Gasteiger partial charge in [0.05, 0.1) is 33.4 Å². The first-order valence-electron chi connectivity index (χ1n) is 18.5. The number of rotatable bonds is 5. The van der Waals surface area contributed by atoms with Gasteiger partial charge in [-0.1, -0.05) is 157 Å². The van der Waals surface area contributed by atoms with Crippen molar-refractivity contribution in [2.75, 3.05) is 0 Å². The molecule has 0 unspecified atom stereocenters. The van der Waals surface area contributed by atoms with E-state index in [2.05, 4.69) is 120 Å². The molecule has 240 valence electrons. The molecule has 0 aliphatic rings. The van der Waals surface area contributed by atoms with Gasteiger partial charge in [0, 0.05) is 31.6 Å². The highest BCUT2D eigenvalue weighted by molar-refractivity contribution is 6.21. The summed E-state index contributed by atoms with van der Waals surface area (Å²) in [5.41, 5.74) is 11.1. The van der Waals surface area contributed by atoms with Crippen LogP contribution in [0.2, 0.25) is 0 Å². The van der Waals surface area contributed by atoms with Gasteiger partial charge in [0.25, 0.3) is 0 Å². The summed E-state index contributed by atoms with van der Waals surface area (Å²) in [5.74, 6) is 0.756. The van der Waals surface area contributed by atoms with Crippen molar-refractivity contribution < 1.29 is 8.53 Å². The van der Waals surface area contributed by atoms with Crippen LogP contribution in [0.5, 0.6) is 0 Å². The van der Waals surface area contributed by atoms with Crippen LogP contribution in [0.25, 0.3) is 94.5 Å². The number of aromatic nitrogens is 3. The molecule has 0 aliphatic carbocycles. The minimum absolute atomic E-state index is 0.289. The van der Waals surface area contributed by atoms with Crippen molar-refractivity contribution in [3.8, 4) is 50.6 Å². The molecule has 3 heterocycles. The van der Waals surface area contributed by atoms with Crippen LogP contribution < -0.4 is 0 Å². The number of para-hydroxylation sites is 4. The van der Waals surface area contributed by atoms with E-state index in [1.807, 2.05) is 42.5 Å². The maximum atomic E-state index is 7.85. The molecule has 4 nitrogen and oxygen atoms in total. The Hall–Kier alpha value is -6.78. The molecule has 0 atom stereocenters. The topological polar surface area (TPSA) is 43.9 Å². The Labute approximate surface area is 299 Å². The fourth-order valence-electron chi connectivity index (χ4n) is 7.46. The van der Waals surface area contributed by atoms with E-state index in [-0.39, 0.29) is 5.56 Å². The average Bonchev–Trinajstić information content (AvgIpc) is 3.79. The van der Waals surface area contributed by atoms with Crippen LogP contribution in [-0.4, -0.2) is 14.5 Å². The number of hydrogen-bond acceptors (Lipinski definition) is 3. The molecular formula is C47H31N3O. The van der Waals surface area contributed by atoms with Gasteiger partial charge in [-0.15, -0.1) is 0 Å². The van der Waals surface area contributed by atoms with Crippen LogP contribution in [0.4, 0.5) is 0 Å². The third-order valence-electron chi connectivity index (χ3n) is 9.75. The zero-order valence-electron chi connectivity index (χ0n) is 30.4. The Balaban J connectivity index is 1.27. The van der Waals surface area contributed by atoms with E-state index in [1.165, 1.54) is 0 Å². The first kappa shape index (κ1) is 26.1. The summed E-state index contributed by atoms with van der Waals surface area (Å²) < 4.78 is 32.7. The molecule has 0 bridgehead atoms. The largest absolute Gasteiger partial charge is 0.437 e. The second-order valence-electron chi connectivity index (χ2n) is 12.7. The Morgan fingerprint density at radius 2 is 1.12 bits per heavy atom. The van der Waals surface area contributed by atoms with Crippen molar-refractivity contribution in [2.24, 2.45) is 0 Å². The number of pyridine rings is 1. The number of furan rings is 1. The van der Waals surface area contributed by atoms with Gasteiger partial charge in [-0.2, -0.15) is 0 Å². The molecule has 3 aromatic heterocycles.